The minimum Gasteiger partial charge on any atom is -0.496 e. The number of aryl methyl sites for hydroxylation is 3. The molecule has 1 unspecified atom stereocenters. The monoisotopic (exact) mass is 263 g/mol. The first-order chi connectivity index (χ1) is 8.54. The summed E-state index contributed by atoms with van der Waals surface area (Å²) >= 11 is 1.34. The van der Waals surface area contributed by atoms with Gasteiger partial charge in [0.2, 0.25) is 0 Å². The van der Waals surface area contributed by atoms with Gasteiger partial charge in [-0.1, -0.05) is 10.6 Å². The molecule has 96 valence electrons. The van der Waals surface area contributed by atoms with Crippen LogP contribution in [0.4, 0.5) is 0 Å². The third-order valence-corrected chi connectivity index (χ3v) is 3.90. The summed E-state index contributed by atoms with van der Waals surface area (Å²) in [6.45, 7) is 6.02. The number of nitrogens with two attached hydrogens (primary N) is 1. The molecule has 0 aliphatic rings. The molecule has 0 aliphatic carbocycles. The first-order valence-electron chi connectivity index (χ1n) is 5.74. The predicted octanol–water partition coefficient (Wildman–Crippen LogP) is 2.52. The number of benzene rings is 1. The second kappa shape index (κ2) is 5.04. The molecule has 0 amide bonds. The van der Waals surface area contributed by atoms with E-state index in [4.69, 9.17) is 10.5 Å². The van der Waals surface area contributed by atoms with E-state index in [9.17, 15) is 0 Å². The highest BCUT2D eigenvalue weighted by Crippen LogP contribution is 2.34. The van der Waals surface area contributed by atoms with E-state index in [-0.39, 0.29) is 6.04 Å². The van der Waals surface area contributed by atoms with Crippen LogP contribution < -0.4 is 10.5 Å². The molecule has 2 aromatic rings. The number of hydrogen-bond acceptors (Lipinski definition) is 5. The van der Waals surface area contributed by atoms with Crippen LogP contribution in [0.3, 0.4) is 0 Å². The van der Waals surface area contributed by atoms with E-state index in [0.29, 0.717) is 0 Å². The summed E-state index contributed by atoms with van der Waals surface area (Å²) in [4.78, 5) is 0.986. The van der Waals surface area contributed by atoms with Gasteiger partial charge in [0, 0.05) is 5.56 Å². The topological polar surface area (TPSA) is 61.0 Å². The van der Waals surface area contributed by atoms with Crippen LogP contribution in [-0.4, -0.2) is 16.7 Å². The Hall–Kier alpha value is -1.46. The van der Waals surface area contributed by atoms with Gasteiger partial charge < -0.3 is 10.5 Å². The standard InChI is InChI=1S/C13H17N3OS/c1-7-5-8(2)11(10(6-7)17-4)12(14)13-9(3)15-16-18-13/h5-6,12H,14H2,1-4H3. The molecule has 0 bridgehead atoms. The quantitative estimate of drug-likeness (QED) is 0.924. The lowest BCUT2D eigenvalue weighted by atomic mass is 9.97. The molecule has 5 heteroatoms. The number of rotatable bonds is 3. The summed E-state index contributed by atoms with van der Waals surface area (Å²) < 4.78 is 9.39. The van der Waals surface area contributed by atoms with Crippen LogP contribution in [0.25, 0.3) is 0 Å². The van der Waals surface area contributed by atoms with E-state index >= 15 is 0 Å². The van der Waals surface area contributed by atoms with Crippen molar-refractivity contribution in [3.05, 3.63) is 39.4 Å². The number of hydrogen-bond donors (Lipinski definition) is 1. The lowest BCUT2D eigenvalue weighted by Crippen LogP contribution is -2.14. The molecule has 1 aromatic heterocycles. The van der Waals surface area contributed by atoms with Crippen LogP contribution in [0.1, 0.15) is 33.3 Å². The van der Waals surface area contributed by atoms with Gasteiger partial charge in [0.15, 0.2) is 0 Å². The smallest absolute Gasteiger partial charge is 0.124 e. The van der Waals surface area contributed by atoms with Crippen LogP contribution in [0.2, 0.25) is 0 Å². The van der Waals surface area contributed by atoms with Crippen LogP contribution in [0.5, 0.6) is 5.75 Å². The summed E-state index contributed by atoms with van der Waals surface area (Å²) in [6, 6.07) is 3.88. The zero-order chi connectivity index (χ0) is 13.3. The lowest BCUT2D eigenvalue weighted by molar-refractivity contribution is 0.407. The molecule has 18 heavy (non-hydrogen) atoms. The van der Waals surface area contributed by atoms with Crippen LogP contribution in [0.15, 0.2) is 12.1 Å². The van der Waals surface area contributed by atoms with E-state index in [2.05, 4.69) is 22.6 Å². The Morgan fingerprint density at radius 2 is 2.00 bits per heavy atom. The Morgan fingerprint density at radius 3 is 2.56 bits per heavy atom. The first kappa shape index (κ1) is 13.0. The number of aromatic nitrogens is 2. The first-order valence-corrected chi connectivity index (χ1v) is 6.51. The van der Waals surface area contributed by atoms with Gasteiger partial charge in [-0.15, -0.1) is 5.10 Å². The van der Waals surface area contributed by atoms with Gasteiger partial charge in [-0.3, -0.25) is 0 Å². The number of ether oxygens (including phenoxy) is 1. The highest BCUT2D eigenvalue weighted by molar-refractivity contribution is 7.05. The fraction of sp³-hybridized carbons (Fsp3) is 0.385. The van der Waals surface area contributed by atoms with Gasteiger partial charge in [0.25, 0.3) is 0 Å². The Bertz CT molecular complexity index is 565. The van der Waals surface area contributed by atoms with Crippen molar-refractivity contribution in [1.82, 2.24) is 9.59 Å². The zero-order valence-corrected chi connectivity index (χ0v) is 11.8. The zero-order valence-electron chi connectivity index (χ0n) is 11.0. The SMILES string of the molecule is COc1cc(C)cc(C)c1C(N)c1snnc1C. The molecular formula is C13H17N3OS. The van der Waals surface area contributed by atoms with Gasteiger partial charge in [0.05, 0.1) is 23.7 Å². The Labute approximate surface area is 111 Å². The Balaban J connectivity index is 2.54. The normalized spacial score (nSPS) is 12.5. The van der Waals surface area contributed by atoms with Gasteiger partial charge in [-0.2, -0.15) is 0 Å². The van der Waals surface area contributed by atoms with Gasteiger partial charge in [-0.25, -0.2) is 0 Å². The largest absolute Gasteiger partial charge is 0.496 e. The fourth-order valence-corrected chi connectivity index (χ4v) is 2.82. The van der Waals surface area contributed by atoms with Gasteiger partial charge in [-0.05, 0) is 49.5 Å². The van der Waals surface area contributed by atoms with E-state index < -0.39 is 0 Å². The molecule has 1 atom stereocenters. The molecule has 2 N–H and O–H groups in total. The third-order valence-electron chi connectivity index (χ3n) is 2.99. The van der Waals surface area contributed by atoms with Gasteiger partial charge >= 0.3 is 0 Å². The van der Waals surface area contributed by atoms with E-state index in [1.165, 1.54) is 17.1 Å². The van der Waals surface area contributed by atoms with Crippen molar-refractivity contribution in [2.75, 3.05) is 7.11 Å². The predicted molar refractivity (Wildman–Crippen MR) is 73.1 cm³/mol. The minimum atomic E-state index is -0.236. The molecule has 0 aliphatic heterocycles. The molecule has 0 fully saturated rings. The minimum absolute atomic E-state index is 0.236. The average molecular weight is 263 g/mol. The van der Waals surface area contributed by atoms with Crippen LogP contribution in [0, 0.1) is 20.8 Å². The maximum atomic E-state index is 6.34. The molecule has 2 rings (SSSR count). The maximum Gasteiger partial charge on any atom is 0.124 e. The molecular weight excluding hydrogens is 246 g/mol. The highest BCUT2D eigenvalue weighted by atomic mass is 32.1. The van der Waals surface area contributed by atoms with Crippen molar-refractivity contribution in [1.29, 1.82) is 0 Å². The van der Waals surface area contributed by atoms with Crippen molar-refractivity contribution >= 4 is 11.5 Å². The summed E-state index contributed by atoms with van der Waals surface area (Å²) in [5.74, 6) is 0.827. The van der Waals surface area contributed by atoms with E-state index in [0.717, 1.165) is 27.4 Å². The van der Waals surface area contributed by atoms with Crippen molar-refractivity contribution in [3.8, 4) is 5.75 Å². The Morgan fingerprint density at radius 1 is 1.28 bits per heavy atom. The molecule has 0 saturated heterocycles. The van der Waals surface area contributed by atoms with Gasteiger partial charge in [0.1, 0.15) is 5.75 Å². The lowest BCUT2D eigenvalue weighted by Gasteiger charge is -2.18. The Kier molecular flexibility index (Phi) is 3.63. The highest BCUT2D eigenvalue weighted by Gasteiger charge is 2.21. The third kappa shape index (κ3) is 2.23. The maximum absolute atomic E-state index is 6.34. The van der Waals surface area contributed by atoms with Crippen molar-refractivity contribution < 1.29 is 4.74 Å². The average Bonchev–Trinajstić information content (AvgIpc) is 2.73. The van der Waals surface area contributed by atoms with Crippen LogP contribution >= 0.6 is 11.5 Å². The molecule has 0 saturated carbocycles. The fourth-order valence-electron chi connectivity index (χ4n) is 2.16. The summed E-state index contributed by atoms with van der Waals surface area (Å²) in [7, 11) is 1.67. The molecule has 1 aromatic carbocycles. The number of nitrogens with zero attached hydrogens (tertiary/aromatic N) is 2. The van der Waals surface area contributed by atoms with Crippen LogP contribution in [-0.2, 0) is 0 Å². The second-order valence-corrected chi connectivity index (χ2v) is 5.18. The van der Waals surface area contributed by atoms with Crippen molar-refractivity contribution in [3.63, 3.8) is 0 Å². The molecule has 4 nitrogen and oxygen atoms in total. The summed E-state index contributed by atoms with van der Waals surface area (Å²) in [5.41, 5.74) is 10.5. The van der Waals surface area contributed by atoms with Crippen molar-refractivity contribution in [2.45, 2.75) is 26.8 Å². The molecule has 0 radical (unpaired) electrons. The van der Waals surface area contributed by atoms with Crippen molar-refractivity contribution in [2.24, 2.45) is 5.73 Å². The van der Waals surface area contributed by atoms with E-state index in [1.807, 2.05) is 19.9 Å². The molecule has 0 spiro atoms. The molecule has 1 heterocycles. The van der Waals surface area contributed by atoms with E-state index in [1.54, 1.807) is 7.11 Å². The summed E-state index contributed by atoms with van der Waals surface area (Å²) in [5, 5.41) is 4.01. The summed E-state index contributed by atoms with van der Waals surface area (Å²) in [6.07, 6.45) is 0. The second-order valence-electron chi connectivity index (χ2n) is 4.40. The number of methoxy groups -OCH3 is 1.